The van der Waals surface area contributed by atoms with Crippen LogP contribution < -0.4 is 10.6 Å². The number of aliphatic hydroxyl groups is 10. The molecule has 0 saturated carbocycles. The van der Waals surface area contributed by atoms with E-state index in [4.69, 9.17) is 23.7 Å². The normalized spacial score (nSPS) is 42.9. The minimum Gasteiger partial charge on any atom is -0.477 e. The molecule has 0 aromatic heterocycles. The highest BCUT2D eigenvalue weighted by atomic mass is 16.7. The van der Waals surface area contributed by atoms with E-state index in [1.165, 1.54) is 0 Å². The number of carboxylic acid groups (broad SMARTS) is 1. The van der Waals surface area contributed by atoms with Gasteiger partial charge in [-0.2, -0.15) is 0 Å². The summed E-state index contributed by atoms with van der Waals surface area (Å²) in [4.78, 5) is 36.0. The van der Waals surface area contributed by atoms with Gasteiger partial charge >= 0.3 is 5.97 Å². The first-order chi connectivity index (χ1) is 21.5. The third kappa shape index (κ3) is 8.26. The average Bonchev–Trinajstić information content (AvgIpc) is 2.99. The lowest BCUT2D eigenvalue weighted by Gasteiger charge is -2.48. The van der Waals surface area contributed by atoms with Crippen LogP contribution in [0.4, 0.5) is 0 Å². The Hall–Kier alpha value is -2.19. The number of nitrogens with one attached hydrogen (secondary N) is 2. The van der Waals surface area contributed by atoms with Crippen molar-refractivity contribution >= 4 is 17.8 Å². The van der Waals surface area contributed by atoms with Gasteiger partial charge < -0.3 is 90.5 Å². The standard InChI is InChI=1S/C25H42N2O19/c1-7(30)26-13-9(32)3-25(24(40)41,46-21(13)15(34)10(33)4-28)42-6-12-17(36)20(14(22(39)43-12)27-8(2)31)45-23-19(38)18(37)16(35)11(5-29)44-23/h9-23,28-29,32-39H,3-6H2,1-2H3,(H,26,30)(H,27,31)(H,40,41)/t9-,10+,11+,12+,13+,14+,15+,16-,17-,18-,19+,20+,21+,22-,23+,25+/m0/s1. The molecule has 3 aliphatic heterocycles. The van der Waals surface area contributed by atoms with Crippen LogP contribution >= 0.6 is 0 Å². The molecule has 0 spiro atoms. The number of amides is 2. The van der Waals surface area contributed by atoms with E-state index in [9.17, 15) is 70.6 Å². The Balaban J connectivity index is 1.87. The molecule has 0 bridgehead atoms. The Morgan fingerprint density at radius 2 is 1.48 bits per heavy atom. The molecular weight excluding hydrogens is 632 g/mol. The van der Waals surface area contributed by atoms with Gasteiger partial charge in [-0.25, -0.2) is 4.79 Å². The van der Waals surface area contributed by atoms with Gasteiger partial charge in [-0.15, -0.1) is 0 Å². The van der Waals surface area contributed by atoms with E-state index in [-0.39, 0.29) is 0 Å². The highest BCUT2D eigenvalue weighted by molar-refractivity contribution is 5.76. The fourth-order valence-electron chi connectivity index (χ4n) is 5.45. The summed E-state index contributed by atoms with van der Waals surface area (Å²) in [5.41, 5.74) is 0. The molecule has 3 fully saturated rings. The Morgan fingerprint density at radius 3 is 2.02 bits per heavy atom. The van der Waals surface area contributed by atoms with Crippen molar-refractivity contribution in [2.45, 2.75) is 118 Å². The Labute approximate surface area is 260 Å². The van der Waals surface area contributed by atoms with Crippen molar-refractivity contribution in [3.63, 3.8) is 0 Å². The van der Waals surface area contributed by atoms with Crippen molar-refractivity contribution in [2.24, 2.45) is 0 Å². The highest BCUT2D eigenvalue weighted by Crippen LogP contribution is 2.35. The van der Waals surface area contributed by atoms with E-state index >= 15 is 0 Å². The van der Waals surface area contributed by atoms with Gasteiger partial charge in [0, 0.05) is 20.3 Å². The summed E-state index contributed by atoms with van der Waals surface area (Å²) in [6.45, 7) is -0.705. The quantitative estimate of drug-likeness (QED) is 0.0913. The number of hydrogen-bond donors (Lipinski definition) is 13. The second kappa shape index (κ2) is 15.8. The lowest BCUT2D eigenvalue weighted by atomic mass is 9.88. The molecule has 21 heteroatoms. The van der Waals surface area contributed by atoms with Crippen molar-refractivity contribution in [1.29, 1.82) is 0 Å². The molecule has 21 nitrogen and oxygen atoms in total. The first kappa shape index (κ1) is 38.3. The van der Waals surface area contributed by atoms with Crippen molar-refractivity contribution in [2.75, 3.05) is 19.8 Å². The van der Waals surface area contributed by atoms with Crippen LogP contribution in [0.25, 0.3) is 0 Å². The van der Waals surface area contributed by atoms with Crippen LogP contribution in [0, 0.1) is 0 Å². The first-order valence-corrected chi connectivity index (χ1v) is 14.2. The van der Waals surface area contributed by atoms with Crippen molar-refractivity contribution < 1.29 is 94.2 Å². The zero-order chi connectivity index (χ0) is 34.7. The zero-order valence-corrected chi connectivity index (χ0v) is 24.7. The van der Waals surface area contributed by atoms with Gasteiger partial charge in [0.25, 0.3) is 5.79 Å². The second-order valence-electron chi connectivity index (χ2n) is 11.3. The predicted molar refractivity (Wildman–Crippen MR) is 142 cm³/mol. The minimum absolute atomic E-state index is 0.723. The van der Waals surface area contributed by atoms with Gasteiger partial charge in [0.1, 0.15) is 67.1 Å². The van der Waals surface area contributed by atoms with Crippen molar-refractivity contribution in [3.8, 4) is 0 Å². The third-order valence-electron chi connectivity index (χ3n) is 7.87. The van der Waals surface area contributed by atoms with Crippen LogP contribution in [0.1, 0.15) is 20.3 Å². The molecular formula is C25H42N2O19. The third-order valence-corrected chi connectivity index (χ3v) is 7.87. The summed E-state index contributed by atoms with van der Waals surface area (Å²) in [7, 11) is 0. The topological polar surface area (TPSA) is 344 Å². The maximum absolute atomic E-state index is 12.5. The zero-order valence-electron chi connectivity index (χ0n) is 24.7. The van der Waals surface area contributed by atoms with E-state index in [1.807, 2.05) is 0 Å². The maximum Gasteiger partial charge on any atom is 0.364 e. The van der Waals surface area contributed by atoms with E-state index in [1.54, 1.807) is 0 Å². The fraction of sp³-hybridized carbons (Fsp3) is 0.880. The second-order valence-corrected chi connectivity index (χ2v) is 11.3. The Morgan fingerprint density at radius 1 is 0.870 bits per heavy atom. The van der Waals surface area contributed by atoms with E-state index in [0.29, 0.717) is 0 Å². The predicted octanol–water partition coefficient (Wildman–Crippen LogP) is -8.08. The number of rotatable bonds is 12. The maximum atomic E-state index is 12.5. The van der Waals surface area contributed by atoms with Crippen molar-refractivity contribution in [1.82, 2.24) is 10.6 Å². The first-order valence-electron chi connectivity index (χ1n) is 14.2. The van der Waals surface area contributed by atoms with Gasteiger partial charge in [0.15, 0.2) is 12.6 Å². The lowest BCUT2D eigenvalue weighted by Crippen LogP contribution is -2.69. The summed E-state index contributed by atoms with van der Waals surface area (Å²) in [6.07, 6.45) is -24.8. The Bertz CT molecular complexity index is 1050. The molecule has 2 amide bonds. The van der Waals surface area contributed by atoms with E-state index in [2.05, 4.69) is 10.6 Å². The molecule has 3 rings (SSSR count). The molecule has 0 aromatic carbocycles. The number of carbonyl (C=O) groups is 3. The number of hydrogen-bond acceptors (Lipinski definition) is 18. The van der Waals surface area contributed by atoms with E-state index < -0.39 is 142 Å². The molecule has 13 N–H and O–H groups in total. The summed E-state index contributed by atoms with van der Waals surface area (Å²) in [5, 5.41) is 117. The van der Waals surface area contributed by atoms with Gasteiger partial charge in [0.05, 0.1) is 32.0 Å². The number of carboxylic acids is 1. The highest BCUT2D eigenvalue weighted by Gasteiger charge is 2.57. The van der Waals surface area contributed by atoms with Crippen LogP contribution in [-0.4, -0.2) is 191 Å². The molecule has 46 heavy (non-hydrogen) atoms. The molecule has 3 aliphatic rings. The summed E-state index contributed by atoms with van der Waals surface area (Å²) in [6, 6.07) is -3.06. The molecule has 3 saturated heterocycles. The number of carbonyl (C=O) groups excluding carboxylic acids is 2. The van der Waals surface area contributed by atoms with E-state index in [0.717, 1.165) is 13.8 Å². The summed E-state index contributed by atoms with van der Waals surface area (Å²) < 4.78 is 27.2. The van der Waals surface area contributed by atoms with Gasteiger partial charge in [-0.1, -0.05) is 0 Å². The minimum atomic E-state index is -2.84. The number of aliphatic carboxylic acids is 1. The van der Waals surface area contributed by atoms with Crippen molar-refractivity contribution in [3.05, 3.63) is 0 Å². The van der Waals surface area contributed by atoms with Crippen LogP contribution in [0.15, 0.2) is 0 Å². The average molecular weight is 675 g/mol. The Kier molecular flexibility index (Phi) is 13.1. The molecule has 0 unspecified atom stereocenters. The van der Waals surface area contributed by atoms with Gasteiger partial charge in [-0.3, -0.25) is 9.59 Å². The molecule has 266 valence electrons. The summed E-state index contributed by atoms with van der Waals surface area (Å²) >= 11 is 0. The molecule has 0 radical (unpaired) electrons. The largest absolute Gasteiger partial charge is 0.477 e. The van der Waals surface area contributed by atoms with Crippen LogP contribution in [0.5, 0.6) is 0 Å². The fourth-order valence-corrected chi connectivity index (χ4v) is 5.45. The van der Waals surface area contributed by atoms with Gasteiger partial charge in [-0.05, 0) is 0 Å². The van der Waals surface area contributed by atoms with Crippen LogP contribution in [-0.2, 0) is 38.1 Å². The van der Waals surface area contributed by atoms with Crippen LogP contribution in [0.3, 0.4) is 0 Å². The molecule has 3 heterocycles. The SMILES string of the molecule is CC(=O)N[C@@H]1[C@@H](O[C@H]2O[C@H](CO)[C@H](O)[C@H](O)[C@H]2O)[C@@H](O)[C@@H](CO[C@]2(C(=O)O)C[C@H](O)[C@@H](NC(C)=O)[C@H]([C@H](O)[C@H](O)CO)O2)O[C@@H]1O. The monoisotopic (exact) mass is 674 g/mol. The molecule has 0 aliphatic carbocycles. The molecule has 0 aromatic rings. The number of ether oxygens (including phenoxy) is 5. The molecule has 16 atom stereocenters. The smallest absolute Gasteiger partial charge is 0.364 e. The van der Waals surface area contributed by atoms with Gasteiger partial charge in [0.2, 0.25) is 11.8 Å². The van der Waals surface area contributed by atoms with Crippen LogP contribution in [0.2, 0.25) is 0 Å². The summed E-state index contributed by atoms with van der Waals surface area (Å²) in [5.74, 6) is -6.18. The number of aliphatic hydroxyl groups excluding tert-OH is 10. The lowest BCUT2D eigenvalue weighted by molar-refractivity contribution is -0.351.